The number of nitrogens with zero attached hydrogens (tertiary/aromatic N) is 2. The minimum Gasteiger partial charge on any atom is -0.313 e. The van der Waals surface area contributed by atoms with E-state index in [9.17, 15) is 0 Å². The minimum atomic E-state index is 0.202. The number of nitrogens with one attached hydrogen (secondary N) is 1. The Bertz CT molecular complexity index is 569. The second kappa shape index (κ2) is 6.13. The zero-order valence-corrected chi connectivity index (χ0v) is 12.2. The topological polar surface area (TPSA) is 37.8 Å². The Morgan fingerprint density at radius 1 is 1.26 bits per heavy atom. The Morgan fingerprint density at radius 2 is 2.05 bits per heavy atom. The number of aromatic nitrogens is 2. The van der Waals surface area contributed by atoms with Gasteiger partial charge in [-0.1, -0.05) is 17.7 Å². The van der Waals surface area contributed by atoms with Crippen molar-refractivity contribution >= 4 is 11.6 Å². The molecule has 0 aromatic carbocycles. The van der Waals surface area contributed by atoms with Crippen molar-refractivity contribution in [3.05, 3.63) is 58.1 Å². The van der Waals surface area contributed by atoms with Crippen LogP contribution in [-0.2, 0) is 6.42 Å². The van der Waals surface area contributed by atoms with Crippen LogP contribution in [0.1, 0.15) is 28.6 Å². The number of aryl methyl sites for hydroxylation is 2. The smallest absolute Gasteiger partial charge is 0.0622 e. The minimum absolute atomic E-state index is 0.202. The second-order valence-corrected chi connectivity index (χ2v) is 5.05. The van der Waals surface area contributed by atoms with Crippen molar-refractivity contribution in [2.45, 2.75) is 26.3 Å². The number of pyridine rings is 2. The number of halogens is 1. The molecule has 19 heavy (non-hydrogen) atoms. The van der Waals surface area contributed by atoms with Crippen molar-refractivity contribution in [2.75, 3.05) is 7.05 Å². The van der Waals surface area contributed by atoms with E-state index < -0.39 is 0 Å². The molecule has 0 radical (unpaired) electrons. The normalized spacial score (nSPS) is 12.4. The van der Waals surface area contributed by atoms with E-state index in [0.717, 1.165) is 23.4 Å². The van der Waals surface area contributed by atoms with Crippen molar-refractivity contribution in [3.8, 4) is 0 Å². The summed E-state index contributed by atoms with van der Waals surface area (Å²) < 4.78 is 0. The van der Waals surface area contributed by atoms with Gasteiger partial charge in [-0.3, -0.25) is 9.97 Å². The first-order chi connectivity index (χ1) is 9.11. The lowest BCUT2D eigenvalue weighted by Gasteiger charge is -2.19. The molecule has 0 saturated heterocycles. The third-order valence-corrected chi connectivity index (χ3v) is 3.61. The Labute approximate surface area is 119 Å². The first-order valence-corrected chi connectivity index (χ1v) is 6.69. The van der Waals surface area contributed by atoms with Crippen molar-refractivity contribution in [3.63, 3.8) is 0 Å². The van der Waals surface area contributed by atoms with E-state index in [-0.39, 0.29) is 6.04 Å². The quantitative estimate of drug-likeness (QED) is 0.931. The predicted molar refractivity (Wildman–Crippen MR) is 78.5 cm³/mol. The van der Waals surface area contributed by atoms with Crippen LogP contribution in [-0.4, -0.2) is 17.0 Å². The molecule has 2 aromatic rings. The molecule has 2 rings (SSSR count). The number of rotatable bonds is 4. The largest absolute Gasteiger partial charge is 0.313 e. The molecule has 2 aromatic heterocycles. The molecule has 0 spiro atoms. The summed E-state index contributed by atoms with van der Waals surface area (Å²) >= 11 is 6.17. The van der Waals surface area contributed by atoms with E-state index in [4.69, 9.17) is 11.6 Å². The van der Waals surface area contributed by atoms with Gasteiger partial charge >= 0.3 is 0 Å². The molecule has 3 nitrogen and oxygen atoms in total. The van der Waals surface area contributed by atoms with Gasteiger partial charge in [-0.05, 0) is 50.6 Å². The zero-order chi connectivity index (χ0) is 13.8. The highest BCUT2D eigenvalue weighted by Crippen LogP contribution is 2.24. The maximum absolute atomic E-state index is 6.17. The molecule has 0 bridgehead atoms. The van der Waals surface area contributed by atoms with Crippen LogP contribution in [0.2, 0.25) is 5.02 Å². The lowest BCUT2D eigenvalue weighted by atomic mass is 9.98. The lowest BCUT2D eigenvalue weighted by molar-refractivity contribution is 0.585. The maximum Gasteiger partial charge on any atom is 0.0622 e. The summed E-state index contributed by atoms with van der Waals surface area (Å²) in [4.78, 5) is 8.54. The van der Waals surface area contributed by atoms with E-state index in [1.807, 2.05) is 33.0 Å². The fraction of sp³-hybridized carbons (Fsp3) is 0.333. The van der Waals surface area contributed by atoms with Gasteiger partial charge in [-0.2, -0.15) is 0 Å². The predicted octanol–water partition coefficient (Wildman–Crippen LogP) is 3.25. The summed E-state index contributed by atoms with van der Waals surface area (Å²) in [5.74, 6) is 0. The van der Waals surface area contributed by atoms with Crippen LogP contribution >= 0.6 is 11.6 Å². The zero-order valence-electron chi connectivity index (χ0n) is 11.4. The Morgan fingerprint density at radius 3 is 2.68 bits per heavy atom. The molecule has 1 unspecified atom stereocenters. The summed E-state index contributed by atoms with van der Waals surface area (Å²) in [6.45, 7) is 4.05. The molecule has 0 saturated carbocycles. The summed E-state index contributed by atoms with van der Waals surface area (Å²) in [5, 5.41) is 4.04. The maximum atomic E-state index is 6.17. The molecular weight excluding hydrogens is 258 g/mol. The van der Waals surface area contributed by atoms with Gasteiger partial charge in [0.2, 0.25) is 0 Å². The fourth-order valence-corrected chi connectivity index (χ4v) is 2.42. The van der Waals surface area contributed by atoms with Crippen LogP contribution < -0.4 is 5.32 Å². The van der Waals surface area contributed by atoms with Gasteiger partial charge in [0, 0.05) is 29.8 Å². The first-order valence-electron chi connectivity index (χ1n) is 6.31. The van der Waals surface area contributed by atoms with Crippen molar-refractivity contribution in [1.82, 2.24) is 15.3 Å². The lowest BCUT2D eigenvalue weighted by Crippen LogP contribution is -2.20. The third kappa shape index (κ3) is 3.31. The second-order valence-electron chi connectivity index (χ2n) is 4.64. The van der Waals surface area contributed by atoms with Gasteiger partial charge in [0.05, 0.1) is 5.02 Å². The SMILES string of the molecule is CNC(Cc1ccncc1Cl)c1ccc(C)nc1C. The van der Waals surface area contributed by atoms with Crippen LogP contribution in [0.25, 0.3) is 0 Å². The molecular formula is C15H18ClN3. The highest BCUT2D eigenvalue weighted by Gasteiger charge is 2.14. The summed E-state index contributed by atoms with van der Waals surface area (Å²) in [6, 6.07) is 6.34. The molecule has 0 amide bonds. The summed E-state index contributed by atoms with van der Waals surface area (Å²) in [6.07, 6.45) is 4.28. The summed E-state index contributed by atoms with van der Waals surface area (Å²) in [5.41, 5.74) is 4.40. The molecule has 0 aliphatic heterocycles. The third-order valence-electron chi connectivity index (χ3n) is 3.27. The average molecular weight is 276 g/mol. The van der Waals surface area contributed by atoms with E-state index in [2.05, 4.69) is 21.4 Å². The highest BCUT2D eigenvalue weighted by atomic mass is 35.5. The Hall–Kier alpha value is -1.45. The van der Waals surface area contributed by atoms with Gasteiger partial charge in [0.1, 0.15) is 0 Å². The summed E-state index contributed by atoms with van der Waals surface area (Å²) in [7, 11) is 1.96. The molecule has 2 heterocycles. The molecule has 0 fully saturated rings. The molecule has 1 atom stereocenters. The molecule has 100 valence electrons. The van der Waals surface area contributed by atoms with Crippen LogP contribution in [0.5, 0.6) is 0 Å². The van der Waals surface area contributed by atoms with E-state index in [0.29, 0.717) is 5.02 Å². The monoisotopic (exact) mass is 275 g/mol. The van der Waals surface area contributed by atoms with Crippen LogP contribution in [0.3, 0.4) is 0 Å². The van der Waals surface area contributed by atoms with Crippen LogP contribution in [0.15, 0.2) is 30.6 Å². The van der Waals surface area contributed by atoms with Gasteiger partial charge in [-0.25, -0.2) is 0 Å². The van der Waals surface area contributed by atoms with Crippen molar-refractivity contribution in [2.24, 2.45) is 0 Å². The Balaban J connectivity index is 2.28. The molecule has 1 N–H and O–H groups in total. The van der Waals surface area contributed by atoms with Gasteiger partial charge in [-0.15, -0.1) is 0 Å². The van der Waals surface area contributed by atoms with Gasteiger partial charge in [0.25, 0.3) is 0 Å². The molecule has 0 aliphatic rings. The average Bonchev–Trinajstić information content (AvgIpc) is 2.39. The number of likely N-dealkylation sites (N-methyl/N-ethyl adjacent to an activating group) is 1. The van der Waals surface area contributed by atoms with Gasteiger partial charge in [0.15, 0.2) is 0 Å². The van der Waals surface area contributed by atoms with Crippen molar-refractivity contribution in [1.29, 1.82) is 0 Å². The van der Waals surface area contributed by atoms with Crippen LogP contribution in [0, 0.1) is 13.8 Å². The number of hydrogen-bond acceptors (Lipinski definition) is 3. The highest BCUT2D eigenvalue weighted by molar-refractivity contribution is 6.31. The van der Waals surface area contributed by atoms with Crippen LogP contribution in [0.4, 0.5) is 0 Å². The Kier molecular flexibility index (Phi) is 4.51. The number of hydrogen-bond donors (Lipinski definition) is 1. The van der Waals surface area contributed by atoms with Crippen molar-refractivity contribution < 1.29 is 0 Å². The molecule has 0 aliphatic carbocycles. The standard InChI is InChI=1S/C15H18ClN3/c1-10-4-5-13(11(2)19-10)15(17-3)8-12-6-7-18-9-14(12)16/h4-7,9,15,17H,8H2,1-3H3. The fourth-order valence-electron chi connectivity index (χ4n) is 2.22. The van der Waals surface area contributed by atoms with Gasteiger partial charge < -0.3 is 5.32 Å². The first kappa shape index (κ1) is 14.0. The van der Waals surface area contributed by atoms with E-state index in [1.54, 1.807) is 12.4 Å². The van der Waals surface area contributed by atoms with E-state index in [1.165, 1.54) is 5.56 Å². The van der Waals surface area contributed by atoms with E-state index >= 15 is 0 Å². The molecule has 4 heteroatoms.